The summed E-state index contributed by atoms with van der Waals surface area (Å²) in [7, 11) is 0. The van der Waals surface area contributed by atoms with Crippen molar-refractivity contribution in [2.75, 3.05) is 18.4 Å². The van der Waals surface area contributed by atoms with Gasteiger partial charge < -0.3 is 19.7 Å². The van der Waals surface area contributed by atoms with Crippen LogP contribution < -0.4 is 5.32 Å². The Morgan fingerprint density at radius 3 is 2.19 bits per heavy atom. The first-order valence-corrected chi connectivity index (χ1v) is 16.4. The summed E-state index contributed by atoms with van der Waals surface area (Å²) in [5, 5.41) is 3.27. The second kappa shape index (κ2) is 15.8. The smallest absolute Gasteiger partial charge is 0.322 e. The highest BCUT2D eigenvalue weighted by molar-refractivity contribution is 5.94. The summed E-state index contributed by atoms with van der Waals surface area (Å²) >= 11 is 0. The van der Waals surface area contributed by atoms with Crippen molar-refractivity contribution in [2.24, 2.45) is 0 Å². The Morgan fingerprint density at radius 1 is 0.884 bits per heavy atom. The maximum absolute atomic E-state index is 14.2. The number of carbonyl (C=O) groups is 2. The lowest BCUT2D eigenvalue weighted by atomic mass is 9.93. The Kier molecular flexibility index (Phi) is 11.9. The maximum Gasteiger partial charge on any atom is 0.322 e. The third-order valence-corrected chi connectivity index (χ3v) is 8.79. The number of amides is 3. The minimum absolute atomic E-state index is 0.0341. The standard InChI is InChI=1S/C37H52N4O2/c1-6-7-23-40(37(43)38-36-33(28(2)3)21-14-22-34(36)29(4)5)27-35(42)41(31-18-12-9-13-19-31)26-32-20-15-24-39(32)25-30-16-10-8-11-17-30/h8,10-11,14-17,20-22,24,28-29,31H,6-7,9,12-13,18-19,23,25-27H2,1-5H3,(H,38,43). The monoisotopic (exact) mass is 584 g/mol. The molecule has 1 aliphatic rings. The summed E-state index contributed by atoms with van der Waals surface area (Å²) in [6.07, 6.45) is 9.46. The van der Waals surface area contributed by atoms with Crippen LogP contribution in [0.25, 0.3) is 0 Å². The first-order chi connectivity index (χ1) is 20.8. The largest absolute Gasteiger partial charge is 0.345 e. The molecule has 1 saturated carbocycles. The van der Waals surface area contributed by atoms with Crippen LogP contribution in [0, 0.1) is 0 Å². The summed E-state index contributed by atoms with van der Waals surface area (Å²) in [5.41, 5.74) is 5.52. The topological polar surface area (TPSA) is 57.6 Å². The van der Waals surface area contributed by atoms with E-state index in [1.54, 1.807) is 4.90 Å². The van der Waals surface area contributed by atoms with Gasteiger partial charge in [0.15, 0.2) is 0 Å². The number of carbonyl (C=O) groups excluding carboxylic acids is 2. The number of unbranched alkanes of at least 4 members (excludes halogenated alkanes) is 1. The van der Waals surface area contributed by atoms with E-state index in [4.69, 9.17) is 0 Å². The first kappa shape index (κ1) is 32.4. The van der Waals surface area contributed by atoms with E-state index in [0.29, 0.717) is 13.1 Å². The second-order valence-electron chi connectivity index (χ2n) is 12.8. The van der Waals surface area contributed by atoms with Gasteiger partial charge in [-0.15, -0.1) is 0 Å². The number of rotatable bonds is 13. The molecule has 3 amide bonds. The van der Waals surface area contributed by atoms with Crippen LogP contribution in [0.15, 0.2) is 66.9 Å². The molecule has 1 heterocycles. The van der Waals surface area contributed by atoms with E-state index in [0.717, 1.165) is 67.6 Å². The fourth-order valence-electron chi connectivity index (χ4n) is 6.25. The van der Waals surface area contributed by atoms with Crippen LogP contribution in [0.3, 0.4) is 0 Å². The van der Waals surface area contributed by atoms with E-state index in [2.05, 4.69) is 110 Å². The van der Waals surface area contributed by atoms with Crippen molar-refractivity contribution in [3.63, 3.8) is 0 Å². The Hall–Kier alpha value is -3.54. The number of hydrogen-bond donors (Lipinski definition) is 1. The number of benzene rings is 2. The molecule has 0 aliphatic heterocycles. The predicted molar refractivity (Wildman–Crippen MR) is 178 cm³/mol. The summed E-state index contributed by atoms with van der Waals surface area (Å²) in [5.74, 6) is 0.578. The minimum atomic E-state index is -0.187. The highest BCUT2D eigenvalue weighted by Gasteiger charge is 2.29. The van der Waals surface area contributed by atoms with Gasteiger partial charge in [0.1, 0.15) is 6.54 Å². The third kappa shape index (κ3) is 8.75. The minimum Gasteiger partial charge on any atom is -0.345 e. The van der Waals surface area contributed by atoms with Gasteiger partial charge in [0.05, 0.1) is 6.54 Å². The van der Waals surface area contributed by atoms with Gasteiger partial charge in [-0.1, -0.05) is 109 Å². The Morgan fingerprint density at radius 2 is 1.56 bits per heavy atom. The zero-order chi connectivity index (χ0) is 30.8. The molecule has 6 heteroatoms. The number of aromatic nitrogens is 1. The zero-order valence-corrected chi connectivity index (χ0v) is 27.0. The molecule has 232 valence electrons. The molecule has 0 bridgehead atoms. The number of para-hydroxylation sites is 1. The predicted octanol–water partition coefficient (Wildman–Crippen LogP) is 8.78. The van der Waals surface area contributed by atoms with Crippen LogP contribution in [-0.2, 0) is 17.9 Å². The van der Waals surface area contributed by atoms with Crippen molar-refractivity contribution in [1.82, 2.24) is 14.4 Å². The van der Waals surface area contributed by atoms with Crippen LogP contribution in [-0.4, -0.2) is 45.4 Å². The molecule has 0 unspecified atom stereocenters. The molecule has 3 aromatic rings. The number of nitrogens with one attached hydrogen (secondary N) is 1. The van der Waals surface area contributed by atoms with Crippen molar-refractivity contribution in [2.45, 2.75) is 111 Å². The highest BCUT2D eigenvalue weighted by Crippen LogP contribution is 2.33. The van der Waals surface area contributed by atoms with Crippen LogP contribution in [0.2, 0.25) is 0 Å². The molecular weight excluding hydrogens is 532 g/mol. The number of urea groups is 1. The number of anilines is 1. The summed E-state index contributed by atoms with van der Waals surface area (Å²) in [6.45, 7) is 12.7. The molecule has 1 N–H and O–H groups in total. The van der Waals surface area contributed by atoms with Crippen LogP contribution in [0.1, 0.15) is 114 Å². The second-order valence-corrected chi connectivity index (χ2v) is 12.8. The third-order valence-electron chi connectivity index (χ3n) is 8.79. The normalized spacial score (nSPS) is 13.8. The van der Waals surface area contributed by atoms with Gasteiger partial charge in [0.2, 0.25) is 5.91 Å². The lowest BCUT2D eigenvalue weighted by Gasteiger charge is -2.36. The molecule has 1 aliphatic carbocycles. The molecule has 2 aromatic carbocycles. The first-order valence-electron chi connectivity index (χ1n) is 16.4. The summed E-state index contributed by atoms with van der Waals surface area (Å²) in [6, 6.07) is 20.9. The van der Waals surface area contributed by atoms with E-state index < -0.39 is 0 Å². The van der Waals surface area contributed by atoms with Crippen LogP contribution in [0.4, 0.5) is 10.5 Å². The highest BCUT2D eigenvalue weighted by atomic mass is 16.2. The molecule has 0 atom stereocenters. The lowest BCUT2D eigenvalue weighted by Crippen LogP contribution is -2.48. The molecule has 0 saturated heterocycles. The number of hydrogen-bond acceptors (Lipinski definition) is 2. The van der Waals surface area contributed by atoms with Crippen molar-refractivity contribution >= 4 is 17.6 Å². The zero-order valence-electron chi connectivity index (χ0n) is 27.0. The van der Waals surface area contributed by atoms with Gasteiger partial charge in [0, 0.05) is 36.7 Å². The molecular formula is C37H52N4O2. The fourth-order valence-corrected chi connectivity index (χ4v) is 6.25. The van der Waals surface area contributed by atoms with Gasteiger partial charge in [-0.3, -0.25) is 4.79 Å². The van der Waals surface area contributed by atoms with E-state index in [-0.39, 0.29) is 36.4 Å². The van der Waals surface area contributed by atoms with Gasteiger partial charge in [-0.2, -0.15) is 0 Å². The average Bonchev–Trinajstić information content (AvgIpc) is 3.44. The van der Waals surface area contributed by atoms with Crippen molar-refractivity contribution in [1.29, 1.82) is 0 Å². The van der Waals surface area contributed by atoms with Crippen molar-refractivity contribution in [3.05, 3.63) is 89.2 Å². The molecule has 6 nitrogen and oxygen atoms in total. The van der Waals surface area contributed by atoms with Gasteiger partial charge >= 0.3 is 6.03 Å². The van der Waals surface area contributed by atoms with E-state index in [1.165, 1.54) is 12.0 Å². The molecule has 1 fully saturated rings. The van der Waals surface area contributed by atoms with Crippen LogP contribution >= 0.6 is 0 Å². The Bertz CT molecular complexity index is 1280. The van der Waals surface area contributed by atoms with Crippen molar-refractivity contribution in [3.8, 4) is 0 Å². The van der Waals surface area contributed by atoms with Crippen molar-refractivity contribution < 1.29 is 9.59 Å². The van der Waals surface area contributed by atoms with E-state index in [1.807, 2.05) is 6.07 Å². The molecule has 43 heavy (non-hydrogen) atoms. The summed E-state index contributed by atoms with van der Waals surface area (Å²) < 4.78 is 2.25. The lowest BCUT2D eigenvalue weighted by molar-refractivity contribution is -0.135. The quantitative estimate of drug-likeness (QED) is 0.218. The van der Waals surface area contributed by atoms with Gasteiger partial charge in [-0.05, 0) is 59.9 Å². The molecule has 1 aromatic heterocycles. The van der Waals surface area contributed by atoms with Gasteiger partial charge in [-0.25, -0.2) is 4.79 Å². The Balaban J connectivity index is 1.57. The average molecular weight is 585 g/mol. The maximum atomic E-state index is 14.2. The molecule has 4 rings (SSSR count). The van der Waals surface area contributed by atoms with E-state index >= 15 is 0 Å². The SMILES string of the molecule is CCCCN(CC(=O)N(Cc1cccn1Cc1ccccc1)C1CCCCC1)C(=O)Nc1c(C(C)C)cccc1C(C)C. The Labute approximate surface area is 259 Å². The fraction of sp³-hybridized carbons (Fsp3) is 0.514. The molecule has 0 spiro atoms. The summed E-state index contributed by atoms with van der Waals surface area (Å²) in [4.78, 5) is 31.9. The molecule has 0 radical (unpaired) electrons. The van der Waals surface area contributed by atoms with E-state index in [9.17, 15) is 9.59 Å². The van der Waals surface area contributed by atoms with Crippen LogP contribution in [0.5, 0.6) is 0 Å². The van der Waals surface area contributed by atoms with Gasteiger partial charge in [0.25, 0.3) is 0 Å². The number of nitrogens with zero attached hydrogens (tertiary/aromatic N) is 3.